The molecule has 12 heteroatoms. The molecule has 168 valence electrons. The number of amides is 2. The van der Waals surface area contributed by atoms with Crippen LogP contribution in [-0.4, -0.2) is 38.8 Å². The fourth-order valence-corrected chi connectivity index (χ4v) is 2.89. The second-order valence-corrected chi connectivity index (χ2v) is 6.72. The zero-order valence-electron chi connectivity index (χ0n) is 16.9. The summed E-state index contributed by atoms with van der Waals surface area (Å²) < 4.78 is 44.3. The van der Waals surface area contributed by atoms with Crippen molar-refractivity contribution in [2.75, 3.05) is 12.4 Å². The molecule has 0 aliphatic heterocycles. The zero-order valence-corrected chi connectivity index (χ0v) is 16.9. The molecule has 4 rings (SSSR count). The van der Waals surface area contributed by atoms with Crippen LogP contribution in [0.5, 0.6) is 11.6 Å². The third-order valence-electron chi connectivity index (χ3n) is 4.44. The van der Waals surface area contributed by atoms with E-state index in [0.29, 0.717) is 17.0 Å². The lowest BCUT2D eigenvalue weighted by molar-refractivity contribution is -0.137. The van der Waals surface area contributed by atoms with Crippen molar-refractivity contribution in [1.29, 1.82) is 0 Å². The van der Waals surface area contributed by atoms with E-state index in [1.807, 2.05) is 0 Å². The Labute approximate surface area is 184 Å². The van der Waals surface area contributed by atoms with Crippen molar-refractivity contribution in [3.63, 3.8) is 0 Å². The van der Waals surface area contributed by atoms with Crippen molar-refractivity contribution in [2.45, 2.75) is 6.18 Å². The minimum Gasteiger partial charge on any atom is -0.439 e. The highest BCUT2D eigenvalue weighted by molar-refractivity contribution is 6.03. The van der Waals surface area contributed by atoms with Crippen molar-refractivity contribution < 1.29 is 27.5 Å². The Kier molecular flexibility index (Phi) is 5.65. The lowest BCUT2D eigenvalue weighted by Crippen LogP contribution is -2.19. The third kappa shape index (κ3) is 4.89. The Balaban J connectivity index is 1.50. The molecule has 9 nitrogen and oxygen atoms in total. The number of alkyl halides is 3. The van der Waals surface area contributed by atoms with Gasteiger partial charge in [0.05, 0.1) is 16.6 Å². The minimum atomic E-state index is -4.51. The number of H-pyrrole nitrogens is 1. The van der Waals surface area contributed by atoms with Crippen LogP contribution in [0, 0.1) is 0 Å². The van der Waals surface area contributed by atoms with Crippen molar-refractivity contribution in [3.8, 4) is 11.6 Å². The number of fused-ring (bicyclic) bond motifs is 1. The second kappa shape index (κ2) is 8.57. The highest BCUT2D eigenvalue weighted by Gasteiger charge is 2.31. The zero-order chi connectivity index (χ0) is 23.6. The van der Waals surface area contributed by atoms with E-state index in [1.165, 1.54) is 31.6 Å². The molecule has 0 unspecified atom stereocenters. The first-order chi connectivity index (χ1) is 15.7. The van der Waals surface area contributed by atoms with E-state index in [2.05, 4.69) is 30.6 Å². The average Bonchev–Trinajstić information content (AvgIpc) is 3.22. The SMILES string of the molecule is CNC(=O)c1cc(Oc2cccc(NC(=O)c3nc4cc(C(F)(F)F)ccc4[nH]3)c2)ncn1. The number of hydrogen-bond acceptors (Lipinski definition) is 6. The van der Waals surface area contributed by atoms with Gasteiger partial charge in [-0.2, -0.15) is 13.2 Å². The first-order valence-corrected chi connectivity index (χ1v) is 9.43. The molecule has 0 spiro atoms. The molecule has 0 bridgehead atoms. The maximum atomic E-state index is 12.9. The summed E-state index contributed by atoms with van der Waals surface area (Å²) in [7, 11) is 1.47. The van der Waals surface area contributed by atoms with Crippen molar-refractivity contribution in [2.24, 2.45) is 0 Å². The van der Waals surface area contributed by atoms with Gasteiger partial charge in [0.2, 0.25) is 5.88 Å². The quantitative estimate of drug-likeness (QED) is 0.420. The molecule has 2 heterocycles. The Morgan fingerprint density at radius 2 is 1.85 bits per heavy atom. The first kappa shape index (κ1) is 21.7. The summed E-state index contributed by atoms with van der Waals surface area (Å²) >= 11 is 0. The number of carbonyl (C=O) groups is 2. The maximum Gasteiger partial charge on any atom is 0.416 e. The van der Waals surface area contributed by atoms with Gasteiger partial charge in [-0.1, -0.05) is 6.07 Å². The summed E-state index contributed by atoms with van der Waals surface area (Å²) in [5.41, 5.74) is -0.0914. The summed E-state index contributed by atoms with van der Waals surface area (Å²) in [6.45, 7) is 0. The van der Waals surface area contributed by atoms with Crippen LogP contribution in [0.2, 0.25) is 0 Å². The molecule has 0 atom stereocenters. The predicted molar refractivity (Wildman–Crippen MR) is 111 cm³/mol. The normalized spacial score (nSPS) is 11.3. The lowest BCUT2D eigenvalue weighted by Gasteiger charge is -2.08. The van der Waals surface area contributed by atoms with E-state index in [4.69, 9.17) is 4.74 Å². The van der Waals surface area contributed by atoms with Gasteiger partial charge in [0.15, 0.2) is 5.82 Å². The summed E-state index contributed by atoms with van der Waals surface area (Å²) in [5.74, 6) is -0.780. The van der Waals surface area contributed by atoms with Gasteiger partial charge in [-0.15, -0.1) is 0 Å². The molecule has 2 amide bonds. The number of nitrogens with zero attached hydrogens (tertiary/aromatic N) is 3. The number of aromatic nitrogens is 4. The highest BCUT2D eigenvalue weighted by atomic mass is 19.4. The average molecular weight is 456 g/mol. The number of nitrogens with one attached hydrogen (secondary N) is 3. The van der Waals surface area contributed by atoms with Gasteiger partial charge in [-0.25, -0.2) is 15.0 Å². The number of rotatable bonds is 5. The molecule has 33 heavy (non-hydrogen) atoms. The maximum absolute atomic E-state index is 12.9. The lowest BCUT2D eigenvalue weighted by atomic mass is 10.2. The number of aromatic amines is 1. The molecule has 0 saturated carbocycles. The fraction of sp³-hybridized carbons (Fsp3) is 0.0952. The van der Waals surface area contributed by atoms with E-state index in [0.717, 1.165) is 12.1 Å². The van der Waals surface area contributed by atoms with Crippen LogP contribution in [0.15, 0.2) is 54.9 Å². The summed E-state index contributed by atoms with van der Waals surface area (Å²) in [6.07, 6.45) is -3.34. The second-order valence-electron chi connectivity index (χ2n) is 6.72. The number of anilines is 1. The van der Waals surface area contributed by atoms with E-state index in [-0.39, 0.29) is 22.9 Å². The van der Waals surface area contributed by atoms with Crippen LogP contribution in [0.3, 0.4) is 0 Å². The standard InChI is InChI=1S/C21H15F3N6O3/c1-25-19(31)16-9-17(27-10-26-16)33-13-4-2-3-12(8-13)28-20(32)18-29-14-6-5-11(21(22,23)24)7-15(14)30-18/h2-10H,1H3,(H,25,31)(H,28,32)(H,29,30). The number of halogens is 3. The molecular weight excluding hydrogens is 441 g/mol. The van der Waals surface area contributed by atoms with Crippen LogP contribution in [0.1, 0.15) is 26.7 Å². The molecule has 0 fully saturated rings. The van der Waals surface area contributed by atoms with E-state index >= 15 is 0 Å². The number of hydrogen-bond donors (Lipinski definition) is 3. The Bertz CT molecular complexity index is 1350. The highest BCUT2D eigenvalue weighted by Crippen LogP contribution is 2.31. The van der Waals surface area contributed by atoms with Crippen LogP contribution in [0.4, 0.5) is 18.9 Å². The van der Waals surface area contributed by atoms with Crippen LogP contribution in [0.25, 0.3) is 11.0 Å². The molecular formula is C21H15F3N6O3. The topological polar surface area (TPSA) is 122 Å². The van der Waals surface area contributed by atoms with E-state index < -0.39 is 23.6 Å². The smallest absolute Gasteiger partial charge is 0.416 e. The largest absolute Gasteiger partial charge is 0.439 e. The number of benzene rings is 2. The van der Waals surface area contributed by atoms with Crippen LogP contribution in [-0.2, 0) is 6.18 Å². The van der Waals surface area contributed by atoms with Gasteiger partial charge >= 0.3 is 6.18 Å². The molecule has 2 aromatic carbocycles. The molecule has 0 saturated heterocycles. The van der Waals surface area contributed by atoms with E-state index in [9.17, 15) is 22.8 Å². The van der Waals surface area contributed by atoms with Gasteiger partial charge < -0.3 is 20.4 Å². The Morgan fingerprint density at radius 1 is 1.03 bits per heavy atom. The predicted octanol–water partition coefficient (Wildman–Crippen LogP) is 3.78. The monoisotopic (exact) mass is 456 g/mol. The number of imidazole rings is 1. The fourth-order valence-electron chi connectivity index (χ4n) is 2.89. The molecule has 0 radical (unpaired) electrons. The van der Waals surface area contributed by atoms with Crippen LogP contribution < -0.4 is 15.4 Å². The Morgan fingerprint density at radius 3 is 2.61 bits per heavy atom. The summed E-state index contributed by atoms with van der Waals surface area (Å²) in [5, 5.41) is 5.04. The summed E-state index contributed by atoms with van der Waals surface area (Å²) in [4.78, 5) is 38.7. The minimum absolute atomic E-state index is 0.0164. The molecule has 0 aliphatic carbocycles. The Hall–Kier alpha value is -4.48. The molecule has 3 N–H and O–H groups in total. The van der Waals surface area contributed by atoms with Crippen molar-refractivity contribution >= 4 is 28.5 Å². The number of ether oxygens (including phenoxy) is 1. The third-order valence-corrected chi connectivity index (χ3v) is 4.44. The first-order valence-electron chi connectivity index (χ1n) is 9.43. The molecule has 2 aromatic heterocycles. The summed E-state index contributed by atoms with van der Waals surface area (Å²) in [6, 6.07) is 10.7. The van der Waals surface area contributed by atoms with E-state index in [1.54, 1.807) is 18.2 Å². The van der Waals surface area contributed by atoms with Gasteiger partial charge in [-0.3, -0.25) is 9.59 Å². The van der Waals surface area contributed by atoms with Gasteiger partial charge in [0, 0.05) is 24.9 Å². The van der Waals surface area contributed by atoms with Gasteiger partial charge in [0.25, 0.3) is 11.8 Å². The van der Waals surface area contributed by atoms with Crippen molar-refractivity contribution in [3.05, 3.63) is 71.9 Å². The van der Waals surface area contributed by atoms with Gasteiger partial charge in [-0.05, 0) is 30.3 Å². The van der Waals surface area contributed by atoms with Gasteiger partial charge in [0.1, 0.15) is 17.8 Å². The van der Waals surface area contributed by atoms with Crippen molar-refractivity contribution in [1.82, 2.24) is 25.3 Å². The van der Waals surface area contributed by atoms with Crippen LogP contribution >= 0.6 is 0 Å². The molecule has 4 aromatic rings. The molecule has 0 aliphatic rings. The number of carbonyl (C=O) groups excluding carboxylic acids is 2.